The second-order valence-electron chi connectivity index (χ2n) is 8.89. The molecule has 9 heteroatoms. The van der Waals surface area contributed by atoms with E-state index in [2.05, 4.69) is 0 Å². The molecule has 2 unspecified atom stereocenters. The summed E-state index contributed by atoms with van der Waals surface area (Å²) in [6.07, 6.45) is 4.38. The molecule has 2 amide bonds. The second-order valence-corrected chi connectivity index (χ2v) is 10.9. The van der Waals surface area contributed by atoms with Crippen molar-refractivity contribution in [1.29, 1.82) is 0 Å². The topological polar surface area (TPSA) is 88.9 Å². The van der Waals surface area contributed by atoms with Gasteiger partial charge in [0.1, 0.15) is 12.3 Å². The number of para-hydroxylation sites is 1. The highest BCUT2D eigenvalue weighted by atomic mass is 32.2. The van der Waals surface area contributed by atoms with E-state index in [0.717, 1.165) is 32.4 Å². The number of piperidine rings is 1. The smallest absolute Gasteiger partial charge is 0.242 e. The lowest BCUT2D eigenvalue weighted by atomic mass is 10.1. The van der Waals surface area contributed by atoms with Crippen LogP contribution < -0.4 is 0 Å². The van der Waals surface area contributed by atoms with Crippen LogP contribution in [0.25, 0.3) is 10.9 Å². The van der Waals surface area contributed by atoms with E-state index < -0.39 is 21.5 Å². The summed E-state index contributed by atoms with van der Waals surface area (Å²) in [6.45, 7) is 6.08. The van der Waals surface area contributed by atoms with Crippen molar-refractivity contribution in [2.24, 2.45) is 0 Å². The summed E-state index contributed by atoms with van der Waals surface area (Å²) in [4.78, 5) is 29.1. The number of ether oxygens (including phenoxy) is 1. The molecule has 3 heterocycles. The SMILES string of the molecule is CC1CN(C(=O)CS(=O)(=O)c2cn(CC(=O)N3CCCCC3)c3ccccc23)CC(C)O1. The predicted molar refractivity (Wildman–Crippen MR) is 121 cm³/mol. The monoisotopic (exact) mass is 461 g/mol. The van der Waals surface area contributed by atoms with E-state index in [1.54, 1.807) is 21.6 Å². The van der Waals surface area contributed by atoms with Crippen LogP contribution in [0, 0.1) is 0 Å². The van der Waals surface area contributed by atoms with Crippen molar-refractivity contribution in [2.45, 2.75) is 56.8 Å². The molecule has 2 saturated heterocycles. The first-order chi connectivity index (χ1) is 15.2. The van der Waals surface area contributed by atoms with Gasteiger partial charge in [0.2, 0.25) is 11.8 Å². The van der Waals surface area contributed by atoms with Crippen molar-refractivity contribution < 1.29 is 22.7 Å². The molecule has 0 N–H and O–H groups in total. The third-order valence-corrected chi connectivity index (χ3v) is 7.81. The molecule has 2 aromatic rings. The number of benzene rings is 1. The maximum absolute atomic E-state index is 13.3. The number of likely N-dealkylation sites (tertiary alicyclic amines) is 1. The lowest BCUT2D eigenvalue weighted by molar-refractivity contribution is -0.140. The molecule has 1 aromatic carbocycles. The minimum absolute atomic E-state index is 0.0123. The Hall–Kier alpha value is -2.39. The van der Waals surface area contributed by atoms with E-state index in [9.17, 15) is 18.0 Å². The highest BCUT2D eigenvalue weighted by Gasteiger charge is 2.31. The van der Waals surface area contributed by atoms with Crippen LogP contribution in [0.3, 0.4) is 0 Å². The average Bonchev–Trinajstić information content (AvgIpc) is 3.13. The van der Waals surface area contributed by atoms with Crippen LogP contribution in [0.5, 0.6) is 0 Å². The molecule has 0 aliphatic carbocycles. The molecule has 0 saturated carbocycles. The zero-order chi connectivity index (χ0) is 22.9. The Morgan fingerprint density at radius 1 is 0.969 bits per heavy atom. The van der Waals surface area contributed by atoms with Gasteiger partial charge in [0.05, 0.1) is 17.1 Å². The van der Waals surface area contributed by atoms with Gasteiger partial charge in [0.25, 0.3) is 0 Å². The van der Waals surface area contributed by atoms with Crippen molar-refractivity contribution in [3.05, 3.63) is 30.5 Å². The number of carbonyl (C=O) groups is 2. The Morgan fingerprint density at radius 3 is 2.31 bits per heavy atom. The third kappa shape index (κ3) is 4.83. The Labute approximate surface area is 189 Å². The number of aromatic nitrogens is 1. The Bertz CT molecular complexity index is 1090. The van der Waals surface area contributed by atoms with Gasteiger partial charge in [-0.1, -0.05) is 18.2 Å². The van der Waals surface area contributed by atoms with Gasteiger partial charge in [-0.3, -0.25) is 9.59 Å². The van der Waals surface area contributed by atoms with Crippen LogP contribution in [-0.4, -0.2) is 78.7 Å². The van der Waals surface area contributed by atoms with Crippen LogP contribution in [0.1, 0.15) is 33.1 Å². The van der Waals surface area contributed by atoms with E-state index in [1.807, 2.05) is 30.9 Å². The highest BCUT2D eigenvalue weighted by Crippen LogP contribution is 2.27. The zero-order valence-electron chi connectivity index (χ0n) is 18.7. The number of nitrogens with zero attached hydrogens (tertiary/aromatic N) is 3. The van der Waals surface area contributed by atoms with Gasteiger partial charge < -0.3 is 19.1 Å². The molecule has 2 fully saturated rings. The summed E-state index contributed by atoms with van der Waals surface area (Å²) in [5, 5.41) is 0.537. The number of hydrogen-bond donors (Lipinski definition) is 0. The van der Waals surface area contributed by atoms with Gasteiger partial charge in [-0.25, -0.2) is 8.42 Å². The molecule has 32 heavy (non-hydrogen) atoms. The van der Waals surface area contributed by atoms with E-state index in [1.165, 1.54) is 6.20 Å². The third-order valence-electron chi connectivity index (χ3n) is 6.19. The van der Waals surface area contributed by atoms with Crippen LogP contribution >= 0.6 is 0 Å². The quantitative estimate of drug-likeness (QED) is 0.680. The van der Waals surface area contributed by atoms with E-state index >= 15 is 0 Å². The maximum Gasteiger partial charge on any atom is 0.242 e. The number of carbonyl (C=O) groups excluding carboxylic acids is 2. The summed E-state index contributed by atoms with van der Waals surface area (Å²) in [5.41, 5.74) is 0.678. The fourth-order valence-corrected chi connectivity index (χ4v) is 6.15. The molecule has 0 spiro atoms. The maximum atomic E-state index is 13.3. The lowest BCUT2D eigenvalue weighted by Crippen LogP contribution is -2.49. The number of fused-ring (bicyclic) bond motifs is 1. The molecular formula is C23H31N3O5S. The normalized spacial score (nSPS) is 22.3. The second kappa shape index (κ2) is 9.23. The fourth-order valence-electron chi connectivity index (χ4n) is 4.69. The zero-order valence-corrected chi connectivity index (χ0v) is 19.5. The molecule has 2 aliphatic rings. The molecular weight excluding hydrogens is 430 g/mol. The van der Waals surface area contributed by atoms with E-state index in [0.29, 0.717) is 24.0 Å². The van der Waals surface area contributed by atoms with Gasteiger partial charge in [-0.15, -0.1) is 0 Å². The minimum atomic E-state index is -3.89. The average molecular weight is 462 g/mol. The summed E-state index contributed by atoms with van der Waals surface area (Å²) in [6, 6.07) is 7.13. The van der Waals surface area contributed by atoms with Crippen LogP contribution in [-0.2, 0) is 30.7 Å². The van der Waals surface area contributed by atoms with Crippen molar-refractivity contribution >= 4 is 32.6 Å². The van der Waals surface area contributed by atoms with Gasteiger partial charge in [0, 0.05) is 43.3 Å². The largest absolute Gasteiger partial charge is 0.372 e. The van der Waals surface area contributed by atoms with Crippen LogP contribution in [0.4, 0.5) is 0 Å². The summed E-state index contributed by atoms with van der Waals surface area (Å²) in [5.74, 6) is -1.03. The van der Waals surface area contributed by atoms with Crippen molar-refractivity contribution in [3.63, 3.8) is 0 Å². The number of hydrogen-bond acceptors (Lipinski definition) is 5. The first kappa shape index (κ1) is 22.8. The molecule has 0 radical (unpaired) electrons. The molecule has 174 valence electrons. The van der Waals surface area contributed by atoms with Crippen molar-refractivity contribution in [3.8, 4) is 0 Å². The predicted octanol–water partition coefficient (Wildman–Crippen LogP) is 2.06. The number of morpholine rings is 1. The van der Waals surface area contributed by atoms with Gasteiger partial charge in [-0.05, 0) is 39.2 Å². The van der Waals surface area contributed by atoms with Gasteiger partial charge >= 0.3 is 0 Å². The minimum Gasteiger partial charge on any atom is -0.372 e. The molecule has 0 bridgehead atoms. The standard InChI is InChI=1S/C23H31N3O5S/c1-17-12-26(13-18(2)31-17)23(28)16-32(29,30)21-14-25(20-9-5-4-8-19(20)21)15-22(27)24-10-6-3-7-11-24/h4-5,8-9,14,17-18H,3,6-7,10-13,15-16H2,1-2H3. The number of amides is 2. The Balaban J connectivity index is 1.58. The molecule has 8 nitrogen and oxygen atoms in total. The van der Waals surface area contributed by atoms with Crippen molar-refractivity contribution in [1.82, 2.24) is 14.4 Å². The lowest BCUT2D eigenvalue weighted by Gasteiger charge is -2.35. The van der Waals surface area contributed by atoms with Gasteiger partial charge in [0.15, 0.2) is 9.84 Å². The molecule has 4 rings (SSSR count). The highest BCUT2D eigenvalue weighted by molar-refractivity contribution is 7.92. The van der Waals surface area contributed by atoms with Crippen LogP contribution in [0.15, 0.2) is 35.4 Å². The molecule has 2 atom stereocenters. The fraction of sp³-hybridized carbons (Fsp3) is 0.565. The first-order valence-electron chi connectivity index (χ1n) is 11.3. The summed E-state index contributed by atoms with van der Waals surface area (Å²) in [7, 11) is -3.89. The number of rotatable bonds is 5. The number of sulfone groups is 1. The molecule has 2 aliphatic heterocycles. The van der Waals surface area contributed by atoms with E-state index in [-0.39, 0.29) is 29.6 Å². The Morgan fingerprint density at radius 2 is 1.62 bits per heavy atom. The Kier molecular flexibility index (Phi) is 6.57. The first-order valence-corrected chi connectivity index (χ1v) is 12.9. The van der Waals surface area contributed by atoms with E-state index in [4.69, 9.17) is 4.74 Å². The van der Waals surface area contributed by atoms with Crippen molar-refractivity contribution in [2.75, 3.05) is 31.9 Å². The summed E-state index contributed by atoms with van der Waals surface area (Å²) >= 11 is 0. The molecule has 1 aromatic heterocycles. The summed E-state index contributed by atoms with van der Waals surface area (Å²) < 4.78 is 33.9. The van der Waals surface area contributed by atoms with Crippen LogP contribution in [0.2, 0.25) is 0 Å². The van der Waals surface area contributed by atoms with Gasteiger partial charge in [-0.2, -0.15) is 0 Å².